The molecule has 0 saturated heterocycles. The van der Waals surface area contributed by atoms with Gasteiger partial charge in [-0.3, -0.25) is 4.79 Å². The van der Waals surface area contributed by atoms with Crippen LogP contribution in [0.15, 0.2) is 72.0 Å². The van der Waals surface area contributed by atoms with Gasteiger partial charge in [-0.1, -0.05) is 37.6 Å². The molecule has 2 heterocycles. The molecule has 0 fully saturated rings. The molecule has 1 N–H and O–H groups in total. The number of aromatic nitrogens is 2. The summed E-state index contributed by atoms with van der Waals surface area (Å²) < 4.78 is 54.0. The second-order valence-electron chi connectivity index (χ2n) is 9.88. The first-order valence-electron chi connectivity index (χ1n) is 12.6. The number of amides is 1. The van der Waals surface area contributed by atoms with Crippen LogP contribution in [0.5, 0.6) is 17.2 Å². The first-order chi connectivity index (χ1) is 18.9. The zero-order valence-corrected chi connectivity index (χ0v) is 23.7. The highest BCUT2D eigenvalue weighted by Gasteiger charge is 2.25. The summed E-state index contributed by atoms with van der Waals surface area (Å²) >= 11 is 0. The SMILES string of the molecule is Cc1cc(C)c(Oc2cc(-c3cc(F)cc(OCC(C)C)c3)cnc2C(=O)NS(=O)(=O)c2ccccn2)c(C)c1. The van der Waals surface area contributed by atoms with Crippen molar-refractivity contribution in [3.05, 3.63) is 95.2 Å². The van der Waals surface area contributed by atoms with Crippen LogP contribution in [0, 0.1) is 32.5 Å². The van der Waals surface area contributed by atoms with Crippen molar-refractivity contribution in [1.29, 1.82) is 0 Å². The van der Waals surface area contributed by atoms with Crippen LogP contribution in [-0.2, 0) is 10.0 Å². The second kappa shape index (κ2) is 11.8. The fourth-order valence-corrected chi connectivity index (χ4v) is 5.00. The van der Waals surface area contributed by atoms with Crippen molar-refractivity contribution in [2.24, 2.45) is 5.92 Å². The van der Waals surface area contributed by atoms with E-state index in [1.165, 1.54) is 42.7 Å². The van der Waals surface area contributed by atoms with Crippen LogP contribution in [0.25, 0.3) is 11.1 Å². The van der Waals surface area contributed by atoms with Gasteiger partial charge in [-0.05, 0) is 73.7 Å². The first-order valence-corrected chi connectivity index (χ1v) is 14.1. The van der Waals surface area contributed by atoms with Gasteiger partial charge >= 0.3 is 0 Å². The highest BCUT2D eigenvalue weighted by Crippen LogP contribution is 2.35. The van der Waals surface area contributed by atoms with E-state index in [-0.39, 0.29) is 22.4 Å². The summed E-state index contributed by atoms with van der Waals surface area (Å²) in [4.78, 5) is 21.3. The lowest BCUT2D eigenvalue weighted by atomic mass is 10.1. The molecule has 2 aromatic carbocycles. The maximum Gasteiger partial charge on any atom is 0.287 e. The number of sulfonamides is 1. The van der Waals surface area contributed by atoms with Crippen molar-refractivity contribution in [1.82, 2.24) is 14.7 Å². The minimum atomic E-state index is -4.28. The fraction of sp³-hybridized carbons (Fsp3) is 0.233. The average molecular weight is 564 g/mol. The number of aryl methyl sites for hydroxylation is 3. The molecular weight excluding hydrogens is 533 g/mol. The Labute approximate surface area is 233 Å². The van der Waals surface area contributed by atoms with E-state index in [1.807, 2.05) is 51.5 Å². The molecule has 0 saturated carbocycles. The molecule has 0 atom stereocenters. The Morgan fingerprint density at radius 1 is 0.975 bits per heavy atom. The molecule has 4 rings (SSSR count). The molecule has 0 aliphatic rings. The van der Waals surface area contributed by atoms with Crippen molar-refractivity contribution in [3.8, 4) is 28.4 Å². The summed E-state index contributed by atoms with van der Waals surface area (Å²) in [6.45, 7) is 10.1. The van der Waals surface area contributed by atoms with Crippen LogP contribution in [0.4, 0.5) is 4.39 Å². The molecule has 10 heteroatoms. The Kier molecular flexibility index (Phi) is 8.49. The number of carbonyl (C=O) groups is 1. The van der Waals surface area contributed by atoms with Crippen molar-refractivity contribution >= 4 is 15.9 Å². The maximum absolute atomic E-state index is 14.5. The Morgan fingerprint density at radius 3 is 2.35 bits per heavy atom. The van der Waals surface area contributed by atoms with Crippen molar-refractivity contribution in [3.63, 3.8) is 0 Å². The third-order valence-electron chi connectivity index (χ3n) is 5.81. The molecule has 4 aromatic rings. The minimum Gasteiger partial charge on any atom is -0.493 e. The van der Waals surface area contributed by atoms with Gasteiger partial charge in [0.1, 0.15) is 17.3 Å². The molecule has 0 bridgehead atoms. The molecular formula is C30H30FN3O5S. The number of pyridine rings is 2. The van der Waals surface area contributed by atoms with E-state index in [2.05, 4.69) is 9.97 Å². The number of benzene rings is 2. The number of carbonyl (C=O) groups excluding carboxylic acids is 1. The second-order valence-corrected chi connectivity index (χ2v) is 11.5. The summed E-state index contributed by atoms with van der Waals surface area (Å²) in [5.74, 6) is -0.433. The largest absolute Gasteiger partial charge is 0.493 e. The van der Waals surface area contributed by atoms with Crippen LogP contribution in [-0.4, -0.2) is 30.9 Å². The zero-order chi connectivity index (χ0) is 29.0. The molecule has 8 nitrogen and oxygen atoms in total. The van der Waals surface area contributed by atoms with Crippen molar-refractivity contribution < 1.29 is 27.1 Å². The highest BCUT2D eigenvalue weighted by atomic mass is 32.2. The van der Waals surface area contributed by atoms with Gasteiger partial charge < -0.3 is 9.47 Å². The van der Waals surface area contributed by atoms with E-state index in [9.17, 15) is 17.6 Å². The van der Waals surface area contributed by atoms with Gasteiger partial charge in [0.05, 0.1) is 6.61 Å². The third kappa shape index (κ3) is 6.81. The molecule has 0 spiro atoms. The quantitative estimate of drug-likeness (QED) is 0.260. The Balaban J connectivity index is 1.78. The number of rotatable bonds is 9. The van der Waals surface area contributed by atoms with Gasteiger partial charge in [-0.2, -0.15) is 8.42 Å². The van der Waals surface area contributed by atoms with Crippen LogP contribution in [0.3, 0.4) is 0 Å². The Hall–Kier alpha value is -4.31. The molecule has 0 aliphatic heterocycles. The highest BCUT2D eigenvalue weighted by molar-refractivity contribution is 7.90. The topological polar surface area (TPSA) is 107 Å². The number of hydrogen-bond donors (Lipinski definition) is 1. The first kappa shape index (κ1) is 28.7. The van der Waals surface area contributed by atoms with E-state index in [0.717, 1.165) is 16.7 Å². The average Bonchev–Trinajstić information content (AvgIpc) is 2.89. The number of halogens is 1. The van der Waals surface area contributed by atoms with Gasteiger partial charge in [0.15, 0.2) is 16.5 Å². The summed E-state index contributed by atoms with van der Waals surface area (Å²) in [6, 6.07) is 14.0. The van der Waals surface area contributed by atoms with Crippen LogP contribution in [0.1, 0.15) is 41.0 Å². The Morgan fingerprint density at radius 2 is 1.70 bits per heavy atom. The lowest BCUT2D eigenvalue weighted by Gasteiger charge is -2.16. The summed E-state index contributed by atoms with van der Waals surface area (Å²) in [5.41, 5.74) is 3.27. The predicted molar refractivity (Wildman–Crippen MR) is 150 cm³/mol. The molecule has 40 heavy (non-hydrogen) atoms. The lowest BCUT2D eigenvalue weighted by molar-refractivity contribution is 0.0974. The van der Waals surface area contributed by atoms with Gasteiger partial charge in [-0.25, -0.2) is 19.1 Å². The lowest BCUT2D eigenvalue weighted by Crippen LogP contribution is -2.32. The van der Waals surface area contributed by atoms with Crippen molar-refractivity contribution in [2.75, 3.05) is 6.61 Å². The minimum absolute atomic E-state index is 0.00446. The smallest absolute Gasteiger partial charge is 0.287 e. The summed E-state index contributed by atoms with van der Waals surface area (Å²) in [7, 11) is -4.28. The fourth-order valence-electron chi connectivity index (χ4n) is 4.09. The molecule has 0 unspecified atom stereocenters. The summed E-state index contributed by atoms with van der Waals surface area (Å²) in [6.07, 6.45) is 2.66. The molecule has 1 amide bonds. The summed E-state index contributed by atoms with van der Waals surface area (Å²) in [5, 5.41) is -0.318. The number of nitrogens with one attached hydrogen (secondary N) is 1. The zero-order valence-electron chi connectivity index (χ0n) is 22.9. The van der Waals surface area contributed by atoms with Crippen molar-refractivity contribution in [2.45, 2.75) is 39.6 Å². The van der Waals surface area contributed by atoms with Crippen LogP contribution < -0.4 is 14.2 Å². The van der Waals surface area contributed by atoms with E-state index >= 15 is 0 Å². The number of hydrogen-bond acceptors (Lipinski definition) is 7. The Bertz CT molecular complexity index is 1630. The molecule has 208 valence electrons. The molecule has 0 aliphatic carbocycles. The van der Waals surface area contributed by atoms with E-state index in [0.29, 0.717) is 29.2 Å². The molecule has 0 radical (unpaired) electrons. The van der Waals surface area contributed by atoms with Gasteiger partial charge in [0.2, 0.25) is 0 Å². The van der Waals surface area contributed by atoms with Crippen LogP contribution in [0.2, 0.25) is 0 Å². The van der Waals surface area contributed by atoms with E-state index in [4.69, 9.17) is 9.47 Å². The standard InChI is InChI=1S/C30H30FN3O5S/c1-18(2)17-38-25-13-22(12-24(31)15-25)23-14-26(39-29-20(4)10-19(3)11-21(29)5)28(33-16-23)30(35)34-40(36,37)27-8-6-7-9-32-27/h6-16,18H,17H2,1-5H3,(H,34,35). The van der Waals surface area contributed by atoms with Gasteiger partial charge in [0.25, 0.3) is 15.9 Å². The molecule has 2 aromatic heterocycles. The number of ether oxygens (including phenoxy) is 2. The normalized spacial score (nSPS) is 11.4. The van der Waals surface area contributed by atoms with Gasteiger partial charge in [-0.15, -0.1) is 0 Å². The number of nitrogens with zero attached hydrogens (tertiary/aromatic N) is 2. The van der Waals surface area contributed by atoms with E-state index < -0.39 is 21.7 Å². The third-order valence-corrected chi connectivity index (χ3v) is 7.06. The van der Waals surface area contributed by atoms with Crippen LogP contribution >= 0.6 is 0 Å². The monoisotopic (exact) mass is 563 g/mol. The maximum atomic E-state index is 14.5. The predicted octanol–water partition coefficient (Wildman–Crippen LogP) is 6.15. The van der Waals surface area contributed by atoms with E-state index in [1.54, 1.807) is 12.1 Å². The van der Waals surface area contributed by atoms with Gasteiger partial charge in [0, 0.05) is 24.0 Å².